The number of para-hydroxylation sites is 1. The summed E-state index contributed by atoms with van der Waals surface area (Å²) in [6, 6.07) is 25.3. The van der Waals surface area contributed by atoms with Gasteiger partial charge in [-0.15, -0.1) is 0 Å². The molecule has 2 heteroatoms. The topological polar surface area (TPSA) is 9.23 Å². The highest BCUT2D eigenvalue weighted by Gasteiger charge is 2.60. The van der Waals surface area contributed by atoms with Crippen molar-refractivity contribution in [3.8, 4) is 22.6 Å². The first-order valence-electron chi connectivity index (χ1n) is 16.5. The van der Waals surface area contributed by atoms with Crippen LogP contribution in [0.4, 0.5) is 0 Å². The third-order valence-electron chi connectivity index (χ3n) is 14.0. The van der Waals surface area contributed by atoms with E-state index in [1.807, 2.05) is 0 Å². The van der Waals surface area contributed by atoms with Crippen molar-refractivity contribution in [3.05, 3.63) is 66.7 Å². The maximum Gasteiger partial charge on any atom is 0.182 e. The lowest BCUT2D eigenvalue weighted by atomic mass is 9.21. The molecular formula is C39H43BO. The summed E-state index contributed by atoms with van der Waals surface area (Å²) >= 11 is 0. The Morgan fingerprint density at radius 3 is 2.20 bits per heavy atom. The minimum atomic E-state index is 0.535. The number of hydrogen-bond acceptors (Lipinski definition) is 1. The molecule has 1 aliphatic heterocycles. The average Bonchev–Trinajstić information content (AvgIpc) is 2.98. The molecular weight excluding hydrogens is 495 g/mol. The zero-order valence-electron chi connectivity index (χ0n) is 25.4. The molecule has 1 nitrogen and oxygen atoms in total. The molecule has 0 amide bonds. The van der Waals surface area contributed by atoms with E-state index in [2.05, 4.69) is 101 Å². The van der Waals surface area contributed by atoms with Crippen LogP contribution >= 0.6 is 0 Å². The van der Waals surface area contributed by atoms with Crippen molar-refractivity contribution in [2.45, 2.75) is 78.4 Å². The molecule has 4 aromatic rings. The molecule has 6 saturated carbocycles. The van der Waals surface area contributed by atoms with Crippen LogP contribution < -0.4 is 10.2 Å². The Morgan fingerprint density at radius 1 is 0.683 bits per heavy atom. The van der Waals surface area contributed by atoms with Crippen molar-refractivity contribution >= 4 is 33.7 Å². The Balaban J connectivity index is 1.20. The molecule has 208 valence electrons. The Hall–Kier alpha value is -2.74. The number of hydrogen-bond donors (Lipinski definition) is 0. The van der Waals surface area contributed by atoms with E-state index in [9.17, 15) is 0 Å². The largest absolute Gasteiger partial charge is 0.456 e. The normalized spacial score (nSPS) is 33.3. The predicted molar refractivity (Wildman–Crippen MR) is 174 cm³/mol. The molecule has 0 N–H and O–H groups in total. The standard InChI is InChI=1S/C39H43BO/c1-22-33-19-26(39(33,4)5)20-34(22)40(28-17-24-16-25(18-28)38(24,2)3)27-14-13-23-15-32-29-9-6-7-11-35(29)41-36-12-8-10-30(37(32)36)31(23)21-27/h6-15,21-22,24-26,28,33-34H,16-20H2,1-5H3. The zero-order chi connectivity index (χ0) is 27.8. The van der Waals surface area contributed by atoms with Crippen LogP contribution in [-0.2, 0) is 0 Å². The molecule has 6 aliphatic carbocycles. The number of rotatable bonds is 3. The molecule has 4 aromatic carbocycles. The fourth-order valence-electron chi connectivity index (χ4n) is 11.2. The van der Waals surface area contributed by atoms with Gasteiger partial charge in [-0.2, -0.15) is 0 Å². The number of ether oxygens (including phenoxy) is 1. The Morgan fingerprint density at radius 2 is 1.44 bits per heavy atom. The second-order valence-corrected chi connectivity index (χ2v) is 16.0. The van der Waals surface area contributed by atoms with Crippen molar-refractivity contribution in [1.82, 2.24) is 0 Å². The average molecular weight is 539 g/mol. The van der Waals surface area contributed by atoms with E-state index < -0.39 is 0 Å². The zero-order valence-corrected chi connectivity index (χ0v) is 25.4. The molecule has 6 unspecified atom stereocenters. The van der Waals surface area contributed by atoms with E-state index in [1.54, 1.807) is 5.46 Å². The second-order valence-electron chi connectivity index (χ2n) is 16.0. The highest BCUT2D eigenvalue weighted by molar-refractivity contribution is 6.76. The fraction of sp³-hybridized carbons (Fsp3) is 0.487. The Kier molecular flexibility index (Phi) is 4.97. The second kappa shape index (κ2) is 8.21. The molecule has 1 heterocycles. The summed E-state index contributed by atoms with van der Waals surface area (Å²) in [5.41, 5.74) is 5.23. The summed E-state index contributed by atoms with van der Waals surface area (Å²) in [4.78, 5) is 0. The third-order valence-corrected chi connectivity index (χ3v) is 14.0. The first-order chi connectivity index (χ1) is 19.7. The fourth-order valence-corrected chi connectivity index (χ4v) is 11.2. The number of fused-ring (bicyclic) bond motifs is 8. The van der Waals surface area contributed by atoms with Gasteiger partial charge in [0.15, 0.2) is 6.71 Å². The SMILES string of the molecule is CC1C(B(c2ccc3cc4c5c(cccc5c3c2)Oc2ccccc2-4)C2CC3CC(C2)C3(C)C)CC2CC1C2(C)C. The van der Waals surface area contributed by atoms with Crippen molar-refractivity contribution in [2.75, 3.05) is 0 Å². The minimum absolute atomic E-state index is 0.535. The van der Waals surface area contributed by atoms with Gasteiger partial charge in [-0.3, -0.25) is 0 Å². The van der Waals surface area contributed by atoms with Crippen LogP contribution in [0.25, 0.3) is 32.7 Å². The van der Waals surface area contributed by atoms with E-state index >= 15 is 0 Å². The molecule has 0 radical (unpaired) electrons. The van der Waals surface area contributed by atoms with E-state index in [0.29, 0.717) is 17.5 Å². The van der Waals surface area contributed by atoms with E-state index in [1.165, 1.54) is 64.8 Å². The van der Waals surface area contributed by atoms with Gasteiger partial charge in [0.2, 0.25) is 0 Å². The van der Waals surface area contributed by atoms with Gasteiger partial charge in [-0.25, -0.2) is 0 Å². The van der Waals surface area contributed by atoms with Gasteiger partial charge in [0.1, 0.15) is 11.5 Å². The Labute approximate surface area is 246 Å². The monoisotopic (exact) mass is 538 g/mol. The van der Waals surface area contributed by atoms with Gasteiger partial charge in [-0.1, -0.05) is 120 Å². The predicted octanol–water partition coefficient (Wildman–Crippen LogP) is 10.4. The van der Waals surface area contributed by atoms with Crippen molar-refractivity contribution in [2.24, 2.45) is 40.4 Å². The lowest BCUT2D eigenvalue weighted by Gasteiger charge is -2.65. The van der Waals surface area contributed by atoms with Crippen molar-refractivity contribution < 1.29 is 4.74 Å². The summed E-state index contributed by atoms with van der Waals surface area (Å²) in [6.45, 7) is 13.5. The van der Waals surface area contributed by atoms with Crippen LogP contribution in [0.1, 0.15) is 66.7 Å². The third kappa shape index (κ3) is 3.26. The number of benzene rings is 4. The molecule has 0 saturated heterocycles. The van der Waals surface area contributed by atoms with Crippen LogP contribution in [0.5, 0.6) is 11.5 Å². The van der Waals surface area contributed by atoms with Gasteiger partial charge in [0, 0.05) is 10.9 Å². The van der Waals surface area contributed by atoms with Gasteiger partial charge < -0.3 is 4.74 Å². The van der Waals surface area contributed by atoms with Gasteiger partial charge in [-0.05, 0) is 93.2 Å². The lowest BCUT2D eigenvalue weighted by Crippen LogP contribution is -2.60. The molecule has 6 fully saturated rings. The minimum Gasteiger partial charge on any atom is -0.456 e. The van der Waals surface area contributed by atoms with Gasteiger partial charge >= 0.3 is 0 Å². The van der Waals surface area contributed by atoms with E-state index in [-0.39, 0.29) is 0 Å². The summed E-state index contributed by atoms with van der Waals surface area (Å²) < 4.78 is 6.45. The smallest absolute Gasteiger partial charge is 0.182 e. The van der Waals surface area contributed by atoms with Crippen molar-refractivity contribution in [1.29, 1.82) is 0 Å². The molecule has 0 aromatic heterocycles. The highest BCUT2D eigenvalue weighted by Crippen LogP contribution is 2.68. The van der Waals surface area contributed by atoms with Crippen LogP contribution in [0.2, 0.25) is 11.6 Å². The molecule has 11 rings (SSSR count). The Bertz CT molecular complexity index is 1720. The highest BCUT2D eigenvalue weighted by atomic mass is 16.5. The molecule has 4 bridgehead atoms. The summed E-state index contributed by atoms with van der Waals surface area (Å²) in [7, 11) is 0. The maximum absolute atomic E-state index is 6.45. The molecule has 0 spiro atoms. The van der Waals surface area contributed by atoms with Crippen molar-refractivity contribution in [3.63, 3.8) is 0 Å². The first kappa shape index (κ1) is 24.8. The van der Waals surface area contributed by atoms with Crippen LogP contribution in [0, 0.1) is 40.4 Å². The van der Waals surface area contributed by atoms with Crippen LogP contribution in [0.3, 0.4) is 0 Å². The van der Waals surface area contributed by atoms with E-state index in [4.69, 9.17) is 4.74 Å². The molecule has 6 atom stereocenters. The summed E-state index contributed by atoms with van der Waals surface area (Å²) in [6.07, 6.45) is 7.24. The summed E-state index contributed by atoms with van der Waals surface area (Å²) in [5.74, 6) is 8.05. The molecule has 7 aliphatic rings. The van der Waals surface area contributed by atoms with Crippen LogP contribution in [0.15, 0.2) is 66.7 Å². The lowest BCUT2D eigenvalue weighted by molar-refractivity contribution is -0.100. The summed E-state index contributed by atoms with van der Waals surface area (Å²) in [5, 5.41) is 5.39. The van der Waals surface area contributed by atoms with Crippen LogP contribution in [-0.4, -0.2) is 6.71 Å². The van der Waals surface area contributed by atoms with Gasteiger partial charge in [0.25, 0.3) is 0 Å². The maximum atomic E-state index is 6.45. The van der Waals surface area contributed by atoms with Gasteiger partial charge in [0.05, 0.1) is 0 Å². The molecule has 41 heavy (non-hydrogen) atoms. The quantitative estimate of drug-likeness (QED) is 0.164. The van der Waals surface area contributed by atoms with E-state index in [0.717, 1.165) is 52.7 Å². The first-order valence-corrected chi connectivity index (χ1v) is 16.5.